The predicted octanol–water partition coefficient (Wildman–Crippen LogP) is 1.85. The van der Waals surface area contributed by atoms with Gasteiger partial charge in [0, 0.05) is 0 Å². The van der Waals surface area contributed by atoms with Crippen LogP contribution in [0.3, 0.4) is 0 Å². The van der Waals surface area contributed by atoms with Crippen LogP contribution in [0.15, 0.2) is 57.6 Å². The van der Waals surface area contributed by atoms with Gasteiger partial charge >= 0.3 is 107 Å². The number of carbonyl (C=O) groups is 1. The molecule has 1 aromatic carbocycles. The summed E-state index contributed by atoms with van der Waals surface area (Å²) in [5, 5.41) is 0. The molecule has 0 amide bonds. The van der Waals surface area contributed by atoms with Gasteiger partial charge < -0.3 is 0 Å². The predicted molar refractivity (Wildman–Crippen MR) is 71.8 cm³/mol. The quantitative estimate of drug-likeness (QED) is 0.604. The van der Waals surface area contributed by atoms with Crippen LogP contribution in [-0.4, -0.2) is 26.7 Å². The molecule has 0 aliphatic heterocycles. The molecule has 1 aliphatic rings. The van der Waals surface area contributed by atoms with Gasteiger partial charge in [0.05, 0.1) is 0 Å². The van der Waals surface area contributed by atoms with Crippen molar-refractivity contribution in [2.45, 2.75) is 13.8 Å². The third-order valence-corrected chi connectivity index (χ3v) is 4.01. The first kappa shape index (κ1) is 12.0. The fraction of sp³-hybridized carbons (Fsp3) is 0.143. The molecule has 0 bridgehead atoms. The Morgan fingerprint density at radius 2 is 1.76 bits per heavy atom. The topological polar surface area (TPSA) is 29.4 Å². The molecule has 1 aromatic rings. The Balaban J connectivity index is 2.19. The fourth-order valence-corrected chi connectivity index (χ4v) is 2.88. The molecule has 0 atom stereocenters. The van der Waals surface area contributed by atoms with E-state index in [0.717, 1.165) is 11.1 Å². The molecule has 2 rings (SSSR count). The first-order valence-electron chi connectivity index (χ1n) is 5.38. The summed E-state index contributed by atoms with van der Waals surface area (Å²) in [5.41, 5.74) is 2.45. The minimum absolute atomic E-state index is 0.0271. The van der Waals surface area contributed by atoms with Gasteiger partial charge in [-0.3, -0.25) is 0 Å². The number of benzene rings is 1. The molecule has 0 saturated heterocycles. The second-order valence-electron chi connectivity index (χ2n) is 3.93. The number of allylic oxidation sites excluding steroid dienone is 4. The van der Waals surface area contributed by atoms with E-state index in [2.05, 4.69) is 4.01 Å². The molecule has 0 radical (unpaired) electrons. The Labute approximate surface area is 108 Å². The van der Waals surface area contributed by atoms with E-state index in [9.17, 15) is 4.79 Å². The number of nitrogens with zero attached hydrogens (tertiary/aromatic N) is 1. The molecule has 0 spiro atoms. The van der Waals surface area contributed by atoms with E-state index in [1.165, 1.54) is 4.46 Å². The summed E-state index contributed by atoms with van der Waals surface area (Å²) in [6.45, 7) is 3.82. The summed E-state index contributed by atoms with van der Waals surface area (Å²) < 4.78 is 5.63. The van der Waals surface area contributed by atoms with Crippen molar-refractivity contribution in [2.24, 2.45) is 4.01 Å². The van der Waals surface area contributed by atoms with Gasteiger partial charge in [-0.1, -0.05) is 0 Å². The van der Waals surface area contributed by atoms with Gasteiger partial charge in [0.15, 0.2) is 0 Å². The Kier molecular flexibility index (Phi) is 3.72. The van der Waals surface area contributed by atoms with Gasteiger partial charge in [0.25, 0.3) is 0 Å². The molecule has 17 heavy (non-hydrogen) atoms. The normalized spacial score (nSPS) is 18.0. The number of ketones is 1. The summed E-state index contributed by atoms with van der Waals surface area (Å²) >= 11 is -0.0271. The van der Waals surface area contributed by atoms with Crippen LogP contribution in [0.4, 0.5) is 0 Å². The van der Waals surface area contributed by atoms with Crippen molar-refractivity contribution < 1.29 is 4.79 Å². The zero-order chi connectivity index (χ0) is 12.3. The summed E-state index contributed by atoms with van der Waals surface area (Å²) in [6, 6.07) is 10.0. The van der Waals surface area contributed by atoms with Crippen molar-refractivity contribution in [3.63, 3.8) is 0 Å². The van der Waals surface area contributed by atoms with Crippen LogP contribution < -0.4 is 4.46 Å². The zero-order valence-electron chi connectivity index (χ0n) is 9.81. The fourth-order valence-electron chi connectivity index (χ4n) is 1.58. The summed E-state index contributed by atoms with van der Waals surface area (Å²) in [4.78, 5) is 11.9. The van der Waals surface area contributed by atoms with E-state index in [4.69, 9.17) is 0 Å². The Hall–Kier alpha value is -1.44. The first-order valence-corrected chi connectivity index (χ1v) is 7.00. The van der Waals surface area contributed by atoms with E-state index in [-0.39, 0.29) is 21.0 Å². The van der Waals surface area contributed by atoms with E-state index >= 15 is 0 Å². The molecule has 0 unspecified atom stereocenters. The Bertz CT molecular complexity index is 526. The van der Waals surface area contributed by atoms with Crippen molar-refractivity contribution in [1.82, 2.24) is 0 Å². The van der Waals surface area contributed by atoms with Crippen molar-refractivity contribution in [2.75, 3.05) is 0 Å². The van der Waals surface area contributed by atoms with Crippen LogP contribution in [0.5, 0.6) is 0 Å². The van der Waals surface area contributed by atoms with Crippen LogP contribution in [-0.2, 0) is 4.79 Å². The van der Waals surface area contributed by atoms with Gasteiger partial charge in [0.2, 0.25) is 0 Å². The number of Topliss-reactive ketones (excluding diaryl/α,β-unsaturated/α-hetero) is 1. The van der Waals surface area contributed by atoms with E-state index in [0.29, 0.717) is 5.71 Å². The van der Waals surface area contributed by atoms with Crippen LogP contribution in [0, 0.1) is 0 Å². The van der Waals surface area contributed by atoms with Crippen LogP contribution >= 0.6 is 0 Å². The molecule has 86 valence electrons. The zero-order valence-corrected chi connectivity index (χ0v) is 11.5. The summed E-state index contributed by atoms with van der Waals surface area (Å²) in [7, 11) is 0. The number of rotatable bonds is 2. The average Bonchev–Trinajstić information content (AvgIpc) is 2.33. The summed E-state index contributed by atoms with van der Waals surface area (Å²) in [5.74, 6) is 0.0495. The van der Waals surface area contributed by atoms with Gasteiger partial charge in [0.1, 0.15) is 0 Å². The van der Waals surface area contributed by atoms with Crippen molar-refractivity contribution in [3.05, 3.63) is 53.6 Å². The van der Waals surface area contributed by atoms with Crippen molar-refractivity contribution in [3.8, 4) is 0 Å². The monoisotopic (exact) mass is 291 g/mol. The Morgan fingerprint density at radius 1 is 1.06 bits per heavy atom. The number of hydrogen-bond acceptors (Lipinski definition) is 2. The maximum atomic E-state index is 11.9. The molecular weight excluding hydrogens is 277 g/mol. The molecular formula is C14H13NOSe. The van der Waals surface area contributed by atoms with Crippen LogP contribution in [0.1, 0.15) is 13.8 Å². The van der Waals surface area contributed by atoms with Crippen LogP contribution in [0.25, 0.3) is 0 Å². The van der Waals surface area contributed by atoms with Gasteiger partial charge in [-0.15, -0.1) is 0 Å². The Morgan fingerprint density at radius 3 is 2.47 bits per heavy atom. The minimum atomic E-state index is -0.0271. The van der Waals surface area contributed by atoms with E-state index < -0.39 is 0 Å². The van der Waals surface area contributed by atoms with Gasteiger partial charge in [-0.25, -0.2) is 0 Å². The van der Waals surface area contributed by atoms with Crippen molar-refractivity contribution in [1.29, 1.82) is 0 Å². The molecule has 0 fully saturated rings. The number of carbonyl (C=O) groups excluding carboxylic acids is 1. The van der Waals surface area contributed by atoms with Crippen LogP contribution in [0.2, 0.25) is 0 Å². The molecule has 0 saturated carbocycles. The second-order valence-corrected chi connectivity index (χ2v) is 5.68. The number of hydrogen-bond donors (Lipinski definition) is 0. The third kappa shape index (κ3) is 3.02. The molecule has 3 heteroatoms. The van der Waals surface area contributed by atoms with Gasteiger partial charge in [-0.05, 0) is 0 Å². The molecule has 0 N–H and O–H groups in total. The molecule has 0 heterocycles. The molecule has 0 aromatic heterocycles. The maximum absolute atomic E-state index is 11.9. The average molecular weight is 290 g/mol. The standard InChI is InChI=1S/C14H13NOSe/c1-10-8-11(2)14(16)13(9-10)15-17-12-6-4-3-5-7-12/h3-9H,1-2H3. The molecule has 1 aliphatic carbocycles. The van der Waals surface area contributed by atoms with E-state index in [1.54, 1.807) is 0 Å². The first-order chi connectivity index (χ1) is 8.16. The SMILES string of the molecule is CC1=CC(=N[Se]c2ccccc2)C(=O)C(C)=C1. The van der Waals surface area contributed by atoms with Crippen molar-refractivity contribution >= 4 is 31.1 Å². The summed E-state index contributed by atoms with van der Waals surface area (Å²) in [6.07, 6.45) is 3.76. The van der Waals surface area contributed by atoms with E-state index in [1.807, 2.05) is 56.3 Å². The van der Waals surface area contributed by atoms with Gasteiger partial charge in [-0.2, -0.15) is 0 Å². The molecule has 2 nitrogen and oxygen atoms in total. The third-order valence-electron chi connectivity index (χ3n) is 2.39. The second kappa shape index (κ2) is 5.26.